The van der Waals surface area contributed by atoms with Crippen LogP contribution in [0.2, 0.25) is 0 Å². The number of halogens is 1. The Labute approximate surface area is 270 Å². The minimum absolute atomic E-state index is 0.121. The van der Waals surface area contributed by atoms with Gasteiger partial charge in [0.15, 0.2) is 0 Å². The van der Waals surface area contributed by atoms with E-state index in [4.69, 9.17) is 0 Å². The molecule has 5 aromatic rings. The number of aryl methyl sites for hydroxylation is 3. The van der Waals surface area contributed by atoms with Crippen LogP contribution in [0, 0.1) is 25.6 Å². The van der Waals surface area contributed by atoms with E-state index in [1.807, 2.05) is 49.7 Å². The number of fused-ring (bicyclic) bond motifs is 2. The van der Waals surface area contributed by atoms with Crippen molar-refractivity contribution in [3.8, 4) is 0 Å². The normalized spacial score (nSPS) is 17.7. The maximum absolute atomic E-state index is 14.3. The Bertz CT molecular complexity index is 1900. The van der Waals surface area contributed by atoms with Crippen LogP contribution in [0.5, 0.6) is 0 Å². The molecule has 3 heterocycles. The number of pyridine rings is 1. The third-order valence-corrected chi connectivity index (χ3v) is 10.9. The molecule has 46 heavy (non-hydrogen) atoms. The van der Waals surface area contributed by atoms with E-state index in [2.05, 4.69) is 33.6 Å². The number of rotatable bonds is 8. The molecule has 3 N–H and O–H groups in total. The molecule has 0 fully saturated rings. The lowest BCUT2D eigenvalue weighted by Gasteiger charge is -2.43. The standard InChI is InChI=1S/C35H39FN6O3S/c1-5-42-32-13-12-30(24(4)35(32)39-40-42)31(18-34(43)38-29-7-6-14-37-19-29)25-9-8-23(3)27(16-25)21-41-20-22(2)15-26-10-11-28(36)17-33(26)46(41,44)45/h6-14,16-17,19,22,31,44-45H,5,15,18,20-21H2,1-4H3,(H,38,43)/t22-,31-/m0/s1. The topological polar surface area (TPSA) is 116 Å². The van der Waals surface area contributed by atoms with Gasteiger partial charge in [0.25, 0.3) is 0 Å². The molecule has 240 valence electrons. The summed E-state index contributed by atoms with van der Waals surface area (Å²) in [4.78, 5) is 17.9. The van der Waals surface area contributed by atoms with E-state index in [0.29, 0.717) is 25.2 Å². The largest absolute Gasteiger partial charge is 0.325 e. The Morgan fingerprint density at radius 2 is 1.96 bits per heavy atom. The van der Waals surface area contributed by atoms with Crippen LogP contribution in [-0.2, 0) is 24.3 Å². The SMILES string of the molecule is CCn1nnc2c(C)c([C@@H](CC(=O)Nc3cccnc3)c3ccc(C)c(CN4C[C@@H](C)Cc5ccc(F)cc5S4(O)O)c3)ccc21. The molecule has 1 aliphatic rings. The second-order valence-electron chi connectivity index (χ2n) is 12.2. The van der Waals surface area contributed by atoms with Crippen molar-refractivity contribution in [2.75, 3.05) is 11.9 Å². The van der Waals surface area contributed by atoms with Gasteiger partial charge in [-0.2, -0.15) is 4.31 Å². The van der Waals surface area contributed by atoms with Crippen LogP contribution >= 0.6 is 10.8 Å². The molecular weight excluding hydrogens is 603 g/mol. The summed E-state index contributed by atoms with van der Waals surface area (Å²) in [6.07, 6.45) is 4.05. The number of hydrogen-bond acceptors (Lipinski definition) is 7. The molecule has 0 unspecified atom stereocenters. The van der Waals surface area contributed by atoms with Gasteiger partial charge in [0.2, 0.25) is 5.91 Å². The van der Waals surface area contributed by atoms with E-state index in [1.165, 1.54) is 12.1 Å². The quantitative estimate of drug-likeness (QED) is 0.161. The molecule has 1 amide bonds. The number of carbonyl (C=O) groups is 1. The zero-order valence-corrected chi connectivity index (χ0v) is 27.3. The number of nitrogens with one attached hydrogen (secondary N) is 1. The minimum Gasteiger partial charge on any atom is -0.325 e. The van der Waals surface area contributed by atoms with E-state index in [0.717, 1.165) is 44.4 Å². The summed E-state index contributed by atoms with van der Waals surface area (Å²) < 4.78 is 41.0. The smallest absolute Gasteiger partial charge is 0.225 e. The maximum atomic E-state index is 14.3. The minimum atomic E-state index is -3.45. The first kappa shape index (κ1) is 31.8. The second kappa shape index (κ2) is 12.9. The third-order valence-electron chi connectivity index (χ3n) is 8.88. The van der Waals surface area contributed by atoms with Crippen molar-refractivity contribution in [2.45, 2.75) is 64.4 Å². The lowest BCUT2D eigenvalue weighted by atomic mass is 9.84. The van der Waals surface area contributed by atoms with Crippen molar-refractivity contribution >= 4 is 33.4 Å². The number of carbonyl (C=O) groups excluding carboxylic acids is 1. The summed E-state index contributed by atoms with van der Waals surface area (Å²) >= 11 is 0. The Morgan fingerprint density at radius 1 is 1.13 bits per heavy atom. The Balaban J connectivity index is 1.39. The molecule has 0 spiro atoms. The highest BCUT2D eigenvalue weighted by Crippen LogP contribution is 2.56. The number of anilines is 1. The van der Waals surface area contributed by atoms with Crippen LogP contribution in [0.15, 0.2) is 78.0 Å². The van der Waals surface area contributed by atoms with E-state index < -0.39 is 16.6 Å². The zero-order valence-electron chi connectivity index (χ0n) is 26.4. The van der Waals surface area contributed by atoms with E-state index in [1.54, 1.807) is 34.9 Å². The second-order valence-corrected chi connectivity index (χ2v) is 14.2. The fourth-order valence-corrected chi connectivity index (χ4v) is 8.27. The maximum Gasteiger partial charge on any atom is 0.225 e. The summed E-state index contributed by atoms with van der Waals surface area (Å²) in [5.74, 6) is -0.863. The average Bonchev–Trinajstić information content (AvgIpc) is 3.43. The van der Waals surface area contributed by atoms with Crippen LogP contribution in [0.1, 0.15) is 59.6 Å². The molecular formula is C35H39FN6O3S. The number of nitrogens with zero attached hydrogens (tertiary/aromatic N) is 5. The highest BCUT2D eigenvalue weighted by molar-refractivity contribution is 8.22. The highest BCUT2D eigenvalue weighted by atomic mass is 32.3. The predicted molar refractivity (Wildman–Crippen MR) is 179 cm³/mol. The van der Waals surface area contributed by atoms with Crippen molar-refractivity contribution in [3.63, 3.8) is 0 Å². The molecule has 2 atom stereocenters. The van der Waals surface area contributed by atoms with Gasteiger partial charge in [0, 0.05) is 38.2 Å². The molecule has 6 rings (SSSR count). The van der Waals surface area contributed by atoms with Gasteiger partial charge in [-0.3, -0.25) is 18.9 Å². The molecule has 0 saturated carbocycles. The number of benzene rings is 3. The van der Waals surface area contributed by atoms with Crippen LogP contribution in [0.25, 0.3) is 11.0 Å². The van der Waals surface area contributed by atoms with E-state index >= 15 is 0 Å². The number of hydrogen-bond donors (Lipinski definition) is 3. The zero-order chi connectivity index (χ0) is 32.6. The van der Waals surface area contributed by atoms with Gasteiger partial charge in [0.1, 0.15) is 11.3 Å². The summed E-state index contributed by atoms with van der Waals surface area (Å²) in [7, 11) is -3.45. The fraction of sp³-hybridized carbons (Fsp3) is 0.314. The molecule has 0 saturated heterocycles. The van der Waals surface area contributed by atoms with Gasteiger partial charge in [-0.05, 0) is 96.8 Å². The van der Waals surface area contributed by atoms with E-state index in [-0.39, 0.29) is 35.6 Å². The fourth-order valence-electron chi connectivity index (χ4n) is 6.44. The van der Waals surface area contributed by atoms with Crippen molar-refractivity contribution in [1.29, 1.82) is 0 Å². The van der Waals surface area contributed by atoms with E-state index in [9.17, 15) is 18.3 Å². The lowest BCUT2D eigenvalue weighted by Crippen LogP contribution is -2.30. The Morgan fingerprint density at radius 3 is 2.72 bits per heavy atom. The molecule has 2 aromatic heterocycles. The van der Waals surface area contributed by atoms with Crippen LogP contribution in [0.4, 0.5) is 10.1 Å². The molecule has 0 aliphatic carbocycles. The Hall–Kier alpha value is -4.16. The van der Waals surface area contributed by atoms with Crippen molar-refractivity contribution in [3.05, 3.63) is 112 Å². The lowest BCUT2D eigenvalue weighted by molar-refractivity contribution is -0.116. The van der Waals surface area contributed by atoms with Gasteiger partial charge < -0.3 is 5.32 Å². The Kier molecular flexibility index (Phi) is 8.93. The first-order valence-corrected chi connectivity index (χ1v) is 17.0. The first-order valence-electron chi connectivity index (χ1n) is 15.5. The molecule has 11 heteroatoms. The summed E-state index contributed by atoms with van der Waals surface area (Å²) in [5.41, 5.74) is 7.81. The molecule has 3 aromatic carbocycles. The first-order chi connectivity index (χ1) is 22.0. The number of amides is 1. The summed E-state index contributed by atoms with van der Waals surface area (Å²) in [5, 5.41) is 11.7. The van der Waals surface area contributed by atoms with Crippen LogP contribution in [-0.4, -0.2) is 45.8 Å². The monoisotopic (exact) mass is 642 g/mol. The van der Waals surface area contributed by atoms with Crippen molar-refractivity contribution in [1.82, 2.24) is 24.3 Å². The molecule has 0 radical (unpaired) electrons. The van der Waals surface area contributed by atoms with Crippen molar-refractivity contribution < 1.29 is 18.3 Å². The van der Waals surface area contributed by atoms with Gasteiger partial charge in [-0.25, -0.2) is 9.07 Å². The summed E-state index contributed by atoms with van der Waals surface area (Å²) in [6.45, 7) is 9.46. The van der Waals surface area contributed by atoms with Gasteiger partial charge >= 0.3 is 0 Å². The van der Waals surface area contributed by atoms with Crippen LogP contribution in [0.3, 0.4) is 0 Å². The molecule has 0 bridgehead atoms. The van der Waals surface area contributed by atoms with Gasteiger partial charge in [0.05, 0.1) is 22.3 Å². The average molecular weight is 643 g/mol. The third kappa shape index (κ3) is 6.28. The number of aromatic nitrogens is 4. The van der Waals surface area contributed by atoms with Crippen LogP contribution < -0.4 is 5.32 Å². The van der Waals surface area contributed by atoms with Crippen molar-refractivity contribution in [2.24, 2.45) is 5.92 Å². The molecule has 1 aliphatic heterocycles. The molecule has 9 nitrogen and oxygen atoms in total. The van der Waals surface area contributed by atoms with Gasteiger partial charge in [-0.1, -0.05) is 42.5 Å². The summed E-state index contributed by atoms with van der Waals surface area (Å²) in [6, 6.07) is 18.0. The highest BCUT2D eigenvalue weighted by Gasteiger charge is 2.34. The van der Waals surface area contributed by atoms with Gasteiger partial charge in [-0.15, -0.1) is 15.9 Å². The predicted octanol–water partition coefficient (Wildman–Crippen LogP) is 7.48.